The third-order valence-electron chi connectivity index (χ3n) is 4.00. The Labute approximate surface area is 113 Å². The van der Waals surface area contributed by atoms with Crippen LogP contribution in [0.25, 0.3) is 11.4 Å². The van der Waals surface area contributed by atoms with Crippen LogP contribution >= 0.6 is 0 Å². The molecule has 1 aliphatic carbocycles. The number of hydrogen-bond acceptors (Lipinski definition) is 4. The smallest absolute Gasteiger partial charge is 0.230 e. The summed E-state index contributed by atoms with van der Waals surface area (Å²) in [6.07, 6.45) is 4.56. The molecule has 4 heteroatoms. The lowest BCUT2D eigenvalue weighted by Gasteiger charge is -2.24. The van der Waals surface area contributed by atoms with Crippen LogP contribution in [0.2, 0.25) is 0 Å². The first-order valence-electron chi connectivity index (χ1n) is 6.96. The quantitative estimate of drug-likeness (QED) is 0.918. The van der Waals surface area contributed by atoms with Gasteiger partial charge >= 0.3 is 0 Å². The number of aromatic nitrogens is 2. The molecular weight excluding hydrogens is 238 g/mol. The predicted octanol–water partition coefficient (Wildman–Crippen LogP) is 2.97. The Hall–Kier alpha value is -1.68. The minimum atomic E-state index is 0.410. The second-order valence-corrected chi connectivity index (χ2v) is 5.28. The second kappa shape index (κ2) is 5.53. The van der Waals surface area contributed by atoms with Crippen molar-refractivity contribution in [3.05, 3.63) is 36.2 Å². The van der Waals surface area contributed by atoms with Crippen molar-refractivity contribution in [3.8, 4) is 11.4 Å². The normalized spacial score (nSPS) is 23.4. The molecule has 19 heavy (non-hydrogen) atoms. The Balaban J connectivity index is 1.72. The van der Waals surface area contributed by atoms with Crippen LogP contribution in [0.15, 0.2) is 34.9 Å². The zero-order chi connectivity index (χ0) is 13.1. The van der Waals surface area contributed by atoms with Crippen LogP contribution in [0.3, 0.4) is 0 Å². The Morgan fingerprint density at radius 3 is 2.53 bits per heavy atom. The molecule has 3 rings (SSSR count). The van der Waals surface area contributed by atoms with E-state index in [1.54, 1.807) is 0 Å². The van der Waals surface area contributed by atoms with E-state index >= 15 is 0 Å². The van der Waals surface area contributed by atoms with Crippen LogP contribution in [0.4, 0.5) is 0 Å². The van der Waals surface area contributed by atoms with E-state index < -0.39 is 0 Å². The van der Waals surface area contributed by atoms with Gasteiger partial charge in [0, 0.05) is 11.5 Å². The Bertz CT molecular complexity index is 515. The zero-order valence-electron chi connectivity index (χ0n) is 11.0. The largest absolute Gasteiger partial charge is 0.339 e. The van der Waals surface area contributed by atoms with Crippen molar-refractivity contribution >= 4 is 0 Å². The molecule has 1 aromatic carbocycles. The summed E-state index contributed by atoms with van der Waals surface area (Å²) in [4.78, 5) is 4.55. The lowest BCUT2D eigenvalue weighted by molar-refractivity contribution is 0.275. The summed E-state index contributed by atoms with van der Waals surface area (Å²) >= 11 is 0. The van der Waals surface area contributed by atoms with E-state index in [1.165, 1.54) is 12.8 Å². The topological polar surface area (TPSA) is 64.9 Å². The van der Waals surface area contributed by atoms with Crippen molar-refractivity contribution in [3.63, 3.8) is 0 Å². The summed E-state index contributed by atoms with van der Waals surface area (Å²) in [7, 11) is 0. The maximum absolute atomic E-state index is 5.72. The van der Waals surface area contributed by atoms with E-state index in [0.717, 1.165) is 30.8 Å². The highest BCUT2D eigenvalue weighted by Gasteiger charge is 2.25. The van der Waals surface area contributed by atoms with Gasteiger partial charge in [-0.05, 0) is 38.1 Å². The van der Waals surface area contributed by atoms with E-state index in [4.69, 9.17) is 10.3 Å². The van der Waals surface area contributed by atoms with E-state index in [1.807, 2.05) is 30.3 Å². The standard InChI is InChI=1S/C15H19N3O/c16-10-11-6-8-13(9-7-11)15-17-14(18-19-15)12-4-2-1-3-5-12/h1-5,11,13H,6-10,16H2. The van der Waals surface area contributed by atoms with Crippen molar-refractivity contribution < 1.29 is 4.52 Å². The van der Waals surface area contributed by atoms with Crippen molar-refractivity contribution in [1.82, 2.24) is 10.1 Å². The van der Waals surface area contributed by atoms with Crippen LogP contribution < -0.4 is 5.73 Å². The summed E-state index contributed by atoms with van der Waals surface area (Å²) in [6.45, 7) is 0.797. The van der Waals surface area contributed by atoms with Crippen LogP contribution in [0.5, 0.6) is 0 Å². The van der Waals surface area contributed by atoms with Gasteiger partial charge in [-0.25, -0.2) is 0 Å². The van der Waals surface area contributed by atoms with Crippen molar-refractivity contribution in [2.75, 3.05) is 6.54 Å². The van der Waals surface area contributed by atoms with E-state index in [9.17, 15) is 0 Å². The van der Waals surface area contributed by atoms with Crippen LogP contribution in [-0.4, -0.2) is 16.7 Å². The molecule has 1 heterocycles. The molecule has 100 valence electrons. The fraction of sp³-hybridized carbons (Fsp3) is 0.467. The maximum Gasteiger partial charge on any atom is 0.230 e. The molecule has 0 unspecified atom stereocenters. The Kier molecular flexibility index (Phi) is 3.60. The van der Waals surface area contributed by atoms with Gasteiger partial charge in [0.1, 0.15) is 0 Å². The van der Waals surface area contributed by atoms with Crippen LogP contribution in [-0.2, 0) is 0 Å². The Morgan fingerprint density at radius 2 is 1.84 bits per heavy atom. The first kappa shape index (κ1) is 12.4. The molecule has 0 saturated heterocycles. The van der Waals surface area contributed by atoms with Gasteiger partial charge in [-0.15, -0.1) is 0 Å². The monoisotopic (exact) mass is 257 g/mol. The van der Waals surface area contributed by atoms with Gasteiger partial charge < -0.3 is 10.3 Å². The first-order valence-corrected chi connectivity index (χ1v) is 6.96. The first-order chi connectivity index (χ1) is 9.36. The molecule has 0 amide bonds. The van der Waals surface area contributed by atoms with Gasteiger partial charge in [-0.3, -0.25) is 0 Å². The minimum absolute atomic E-state index is 0.410. The average Bonchev–Trinajstić information content (AvgIpc) is 2.98. The molecule has 1 fully saturated rings. The number of nitrogens with two attached hydrogens (primary N) is 1. The van der Waals surface area contributed by atoms with Crippen molar-refractivity contribution in [2.45, 2.75) is 31.6 Å². The number of hydrogen-bond donors (Lipinski definition) is 1. The number of rotatable bonds is 3. The van der Waals surface area contributed by atoms with Gasteiger partial charge in [-0.2, -0.15) is 4.98 Å². The highest BCUT2D eigenvalue weighted by atomic mass is 16.5. The molecule has 0 radical (unpaired) electrons. The molecule has 1 aromatic heterocycles. The third-order valence-corrected chi connectivity index (χ3v) is 4.00. The van der Waals surface area contributed by atoms with Gasteiger partial charge in [0.15, 0.2) is 0 Å². The second-order valence-electron chi connectivity index (χ2n) is 5.28. The van der Waals surface area contributed by atoms with Gasteiger partial charge in [0.05, 0.1) is 0 Å². The SMILES string of the molecule is NCC1CCC(c2nc(-c3ccccc3)no2)CC1. The fourth-order valence-corrected chi connectivity index (χ4v) is 2.75. The lowest BCUT2D eigenvalue weighted by Crippen LogP contribution is -2.20. The fourth-order valence-electron chi connectivity index (χ4n) is 2.75. The molecular formula is C15H19N3O. The molecule has 4 nitrogen and oxygen atoms in total. The highest BCUT2D eigenvalue weighted by Crippen LogP contribution is 2.35. The van der Waals surface area contributed by atoms with Gasteiger partial charge in [0.2, 0.25) is 11.7 Å². The predicted molar refractivity (Wildman–Crippen MR) is 73.5 cm³/mol. The molecule has 2 N–H and O–H groups in total. The highest BCUT2D eigenvalue weighted by molar-refractivity contribution is 5.53. The molecule has 0 bridgehead atoms. The number of benzene rings is 1. The summed E-state index contributed by atoms with van der Waals surface area (Å²) in [6, 6.07) is 9.95. The third kappa shape index (κ3) is 2.68. The summed E-state index contributed by atoms with van der Waals surface area (Å²) < 4.78 is 5.44. The Morgan fingerprint density at radius 1 is 1.11 bits per heavy atom. The number of nitrogens with zero attached hydrogens (tertiary/aromatic N) is 2. The van der Waals surface area contributed by atoms with Crippen molar-refractivity contribution in [2.24, 2.45) is 11.7 Å². The van der Waals surface area contributed by atoms with Crippen LogP contribution in [0.1, 0.15) is 37.5 Å². The van der Waals surface area contributed by atoms with Gasteiger partial charge in [0.25, 0.3) is 0 Å². The molecule has 1 saturated carbocycles. The average molecular weight is 257 g/mol. The molecule has 0 aliphatic heterocycles. The zero-order valence-corrected chi connectivity index (χ0v) is 11.0. The molecule has 1 aliphatic rings. The van der Waals surface area contributed by atoms with Crippen molar-refractivity contribution in [1.29, 1.82) is 0 Å². The summed E-state index contributed by atoms with van der Waals surface area (Å²) in [5.74, 6) is 2.56. The molecule has 0 spiro atoms. The lowest BCUT2D eigenvalue weighted by atomic mass is 9.82. The molecule has 2 aromatic rings. The van der Waals surface area contributed by atoms with E-state index in [0.29, 0.717) is 17.7 Å². The van der Waals surface area contributed by atoms with Gasteiger partial charge in [-0.1, -0.05) is 35.5 Å². The van der Waals surface area contributed by atoms with Crippen LogP contribution in [0, 0.1) is 5.92 Å². The van der Waals surface area contributed by atoms with E-state index in [2.05, 4.69) is 10.1 Å². The summed E-state index contributed by atoms with van der Waals surface area (Å²) in [5.41, 5.74) is 6.72. The van der Waals surface area contributed by atoms with E-state index in [-0.39, 0.29) is 0 Å². The summed E-state index contributed by atoms with van der Waals surface area (Å²) in [5, 5.41) is 4.09. The minimum Gasteiger partial charge on any atom is -0.339 e. The maximum atomic E-state index is 5.72. The molecule has 0 atom stereocenters.